The van der Waals surface area contributed by atoms with Gasteiger partial charge in [0.15, 0.2) is 0 Å². The van der Waals surface area contributed by atoms with E-state index in [0.29, 0.717) is 6.54 Å². The molecule has 0 saturated carbocycles. The van der Waals surface area contributed by atoms with Crippen molar-refractivity contribution in [3.05, 3.63) is 33.3 Å². The van der Waals surface area contributed by atoms with Gasteiger partial charge in [0, 0.05) is 22.1 Å². The Labute approximate surface area is 124 Å². The van der Waals surface area contributed by atoms with Gasteiger partial charge in [-0.25, -0.2) is 0 Å². The molecule has 0 aliphatic rings. The summed E-state index contributed by atoms with van der Waals surface area (Å²) >= 11 is 9.72. The molecule has 0 fully saturated rings. The Morgan fingerprint density at radius 1 is 1.44 bits per heavy atom. The fourth-order valence-corrected chi connectivity index (χ4v) is 2.79. The first-order chi connectivity index (χ1) is 8.26. The Kier molecular flexibility index (Phi) is 5.66. The Morgan fingerprint density at radius 2 is 2.06 bits per heavy atom. The Bertz CT molecular complexity index is 407. The van der Waals surface area contributed by atoms with Gasteiger partial charge in [0.2, 0.25) is 0 Å². The van der Waals surface area contributed by atoms with Crippen LogP contribution in [0.4, 0.5) is 0 Å². The molecule has 102 valence electrons. The summed E-state index contributed by atoms with van der Waals surface area (Å²) in [6.07, 6.45) is 0. The fourth-order valence-electron chi connectivity index (χ4n) is 1.95. The molecule has 1 aromatic carbocycles. The van der Waals surface area contributed by atoms with Crippen LogP contribution in [0.1, 0.15) is 32.4 Å². The Morgan fingerprint density at radius 3 is 2.56 bits per heavy atom. The predicted octanol–water partition coefficient (Wildman–Crippen LogP) is 4.08. The van der Waals surface area contributed by atoms with Crippen molar-refractivity contribution >= 4 is 27.5 Å². The lowest BCUT2D eigenvalue weighted by atomic mass is 9.92. The second-order valence-corrected chi connectivity index (χ2v) is 6.95. The van der Waals surface area contributed by atoms with Crippen molar-refractivity contribution < 1.29 is 0 Å². The van der Waals surface area contributed by atoms with Crippen molar-refractivity contribution in [1.29, 1.82) is 0 Å². The van der Waals surface area contributed by atoms with Crippen molar-refractivity contribution in [2.75, 3.05) is 20.1 Å². The van der Waals surface area contributed by atoms with Crippen molar-refractivity contribution in [3.63, 3.8) is 0 Å². The molecule has 2 nitrogen and oxygen atoms in total. The highest BCUT2D eigenvalue weighted by Crippen LogP contribution is 2.30. The molecule has 2 N–H and O–H groups in total. The highest BCUT2D eigenvalue weighted by atomic mass is 79.9. The van der Waals surface area contributed by atoms with Crippen LogP contribution in [0.5, 0.6) is 0 Å². The topological polar surface area (TPSA) is 29.3 Å². The minimum Gasteiger partial charge on any atom is -0.330 e. The van der Waals surface area contributed by atoms with Crippen molar-refractivity contribution in [1.82, 2.24) is 4.90 Å². The standard InChI is InChI=1S/C14H22BrClN2/c1-10(18(4)9-14(2,3)8-17)12-6-5-11(15)7-13(12)16/h5-7,10H,8-9,17H2,1-4H3. The van der Waals surface area contributed by atoms with Crippen LogP contribution in [0, 0.1) is 5.41 Å². The van der Waals surface area contributed by atoms with Crippen LogP contribution >= 0.6 is 27.5 Å². The average Bonchev–Trinajstić information content (AvgIpc) is 2.27. The number of rotatable bonds is 5. The van der Waals surface area contributed by atoms with E-state index < -0.39 is 0 Å². The quantitative estimate of drug-likeness (QED) is 0.879. The maximum absolute atomic E-state index is 6.29. The lowest BCUT2D eigenvalue weighted by molar-refractivity contribution is 0.174. The van der Waals surface area contributed by atoms with E-state index in [2.05, 4.69) is 54.7 Å². The van der Waals surface area contributed by atoms with Crippen LogP contribution in [-0.2, 0) is 0 Å². The number of hydrogen-bond donors (Lipinski definition) is 1. The van der Waals surface area contributed by atoms with Crippen LogP contribution in [0.25, 0.3) is 0 Å². The lowest BCUT2D eigenvalue weighted by Gasteiger charge is -2.33. The van der Waals surface area contributed by atoms with E-state index in [9.17, 15) is 0 Å². The summed E-state index contributed by atoms with van der Waals surface area (Å²) in [6, 6.07) is 6.31. The Balaban J connectivity index is 2.83. The van der Waals surface area contributed by atoms with E-state index in [1.807, 2.05) is 12.1 Å². The molecular formula is C14H22BrClN2. The van der Waals surface area contributed by atoms with Gasteiger partial charge >= 0.3 is 0 Å². The molecule has 1 rings (SSSR count). The molecule has 1 unspecified atom stereocenters. The molecule has 0 heterocycles. The van der Waals surface area contributed by atoms with Crippen molar-refractivity contribution in [2.45, 2.75) is 26.8 Å². The third-order valence-corrected chi connectivity index (χ3v) is 4.12. The van der Waals surface area contributed by atoms with Gasteiger partial charge in [0.25, 0.3) is 0 Å². The van der Waals surface area contributed by atoms with Gasteiger partial charge in [0.05, 0.1) is 0 Å². The fraction of sp³-hybridized carbons (Fsp3) is 0.571. The summed E-state index contributed by atoms with van der Waals surface area (Å²) in [6.45, 7) is 8.15. The molecular weight excluding hydrogens is 312 g/mol. The number of halogens is 2. The Hall–Kier alpha value is -0.0900. The number of benzene rings is 1. The summed E-state index contributed by atoms with van der Waals surface area (Å²) < 4.78 is 1.01. The minimum absolute atomic E-state index is 0.116. The first-order valence-corrected chi connectivity index (χ1v) is 7.29. The van der Waals surface area contributed by atoms with E-state index in [-0.39, 0.29) is 11.5 Å². The number of nitrogens with zero attached hydrogens (tertiary/aromatic N) is 1. The van der Waals surface area contributed by atoms with Gasteiger partial charge in [-0.05, 0) is 43.6 Å². The molecule has 4 heteroatoms. The van der Waals surface area contributed by atoms with Crippen LogP contribution in [0.15, 0.2) is 22.7 Å². The van der Waals surface area contributed by atoms with Gasteiger partial charge < -0.3 is 5.73 Å². The monoisotopic (exact) mass is 332 g/mol. The molecule has 0 spiro atoms. The molecule has 0 aliphatic heterocycles. The SMILES string of the molecule is CC(c1ccc(Br)cc1Cl)N(C)CC(C)(C)CN. The molecule has 0 bridgehead atoms. The third-order valence-electron chi connectivity index (χ3n) is 3.30. The van der Waals surface area contributed by atoms with E-state index in [0.717, 1.165) is 21.6 Å². The molecule has 0 saturated heterocycles. The van der Waals surface area contributed by atoms with Gasteiger partial charge in [-0.2, -0.15) is 0 Å². The zero-order valence-electron chi connectivity index (χ0n) is 11.5. The molecule has 18 heavy (non-hydrogen) atoms. The maximum Gasteiger partial charge on any atom is 0.0464 e. The highest BCUT2D eigenvalue weighted by Gasteiger charge is 2.22. The van der Waals surface area contributed by atoms with E-state index in [1.54, 1.807) is 0 Å². The first-order valence-electron chi connectivity index (χ1n) is 6.12. The third kappa shape index (κ3) is 4.23. The van der Waals surface area contributed by atoms with Crippen LogP contribution in [0.3, 0.4) is 0 Å². The lowest BCUT2D eigenvalue weighted by Crippen LogP contribution is -2.37. The van der Waals surface area contributed by atoms with Crippen LogP contribution < -0.4 is 5.73 Å². The molecule has 1 atom stereocenters. The predicted molar refractivity (Wildman–Crippen MR) is 83.0 cm³/mol. The molecule has 0 aliphatic carbocycles. The van der Waals surface area contributed by atoms with Gasteiger partial charge in [0.1, 0.15) is 0 Å². The maximum atomic E-state index is 6.29. The molecule has 0 radical (unpaired) electrons. The largest absolute Gasteiger partial charge is 0.330 e. The van der Waals surface area contributed by atoms with E-state index in [1.165, 1.54) is 0 Å². The summed E-state index contributed by atoms with van der Waals surface area (Å²) in [5.74, 6) is 0. The van der Waals surface area contributed by atoms with Crippen LogP contribution in [-0.4, -0.2) is 25.0 Å². The van der Waals surface area contributed by atoms with Crippen LogP contribution in [0.2, 0.25) is 5.02 Å². The van der Waals surface area contributed by atoms with Crippen molar-refractivity contribution in [2.24, 2.45) is 11.1 Å². The zero-order valence-corrected chi connectivity index (χ0v) is 13.8. The van der Waals surface area contributed by atoms with Crippen molar-refractivity contribution in [3.8, 4) is 0 Å². The number of hydrogen-bond acceptors (Lipinski definition) is 2. The smallest absolute Gasteiger partial charge is 0.0464 e. The summed E-state index contributed by atoms with van der Waals surface area (Å²) in [5, 5.41) is 0.800. The molecule has 0 aromatic heterocycles. The van der Waals surface area contributed by atoms with Gasteiger partial charge in [-0.3, -0.25) is 4.90 Å². The first kappa shape index (κ1) is 16.0. The highest BCUT2D eigenvalue weighted by molar-refractivity contribution is 9.10. The van der Waals surface area contributed by atoms with E-state index >= 15 is 0 Å². The molecule has 0 amide bonds. The second-order valence-electron chi connectivity index (χ2n) is 5.63. The minimum atomic E-state index is 0.116. The summed E-state index contributed by atoms with van der Waals surface area (Å²) in [7, 11) is 2.11. The number of nitrogens with two attached hydrogens (primary N) is 1. The molecule has 1 aromatic rings. The van der Waals surface area contributed by atoms with E-state index in [4.69, 9.17) is 17.3 Å². The second kappa shape index (κ2) is 6.38. The average molecular weight is 334 g/mol. The van der Waals surface area contributed by atoms with Gasteiger partial charge in [-0.15, -0.1) is 0 Å². The van der Waals surface area contributed by atoms with Gasteiger partial charge in [-0.1, -0.05) is 47.4 Å². The zero-order chi connectivity index (χ0) is 13.9. The summed E-state index contributed by atoms with van der Waals surface area (Å²) in [5.41, 5.74) is 7.05. The normalized spacial score (nSPS) is 14.0. The summed E-state index contributed by atoms with van der Waals surface area (Å²) in [4.78, 5) is 2.29.